The molecule has 0 saturated carbocycles. The molecule has 21 heavy (non-hydrogen) atoms. The molecule has 0 radical (unpaired) electrons. The van der Waals surface area contributed by atoms with Crippen molar-refractivity contribution in [3.05, 3.63) is 60.2 Å². The highest BCUT2D eigenvalue weighted by Crippen LogP contribution is 2.19. The molecule has 0 aromatic heterocycles. The Labute approximate surface area is 127 Å². The highest BCUT2D eigenvalue weighted by atomic mass is 16.1. The van der Waals surface area contributed by atoms with Gasteiger partial charge in [-0.1, -0.05) is 54.6 Å². The second-order valence-corrected chi connectivity index (χ2v) is 5.31. The van der Waals surface area contributed by atoms with Crippen molar-refractivity contribution in [2.45, 2.75) is 25.7 Å². The van der Waals surface area contributed by atoms with Gasteiger partial charge in [-0.2, -0.15) is 0 Å². The van der Waals surface area contributed by atoms with Gasteiger partial charge in [0, 0.05) is 12.8 Å². The number of benzene rings is 2. The topological polar surface area (TPSA) is 29.1 Å². The van der Waals surface area contributed by atoms with E-state index in [2.05, 4.69) is 41.7 Å². The van der Waals surface area contributed by atoms with Gasteiger partial charge >= 0.3 is 0 Å². The minimum atomic E-state index is 0.359. The lowest BCUT2D eigenvalue weighted by molar-refractivity contribution is -0.119. The molecule has 0 fully saturated rings. The summed E-state index contributed by atoms with van der Waals surface area (Å²) < 4.78 is 0. The quantitative estimate of drug-likeness (QED) is 0.745. The van der Waals surface area contributed by atoms with Gasteiger partial charge in [-0.25, -0.2) is 0 Å². The van der Waals surface area contributed by atoms with Crippen LogP contribution in [0.1, 0.15) is 24.8 Å². The first-order valence-corrected chi connectivity index (χ1v) is 7.60. The van der Waals surface area contributed by atoms with Crippen LogP contribution in [0.5, 0.6) is 0 Å². The van der Waals surface area contributed by atoms with Crippen LogP contribution in [-0.4, -0.2) is 19.4 Å². The second kappa shape index (κ2) is 8.38. The fourth-order valence-electron chi connectivity index (χ4n) is 2.37. The van der Waals surface area contributed by atoms with Crippen molar-refractivity contribution < 1.29 is 4.79 Å². The summed E-state index contributed by atoms with van der Waals surface area (Å²) in [5.41, 5.74) is 3.68. The molecule has 0 atom stereocenters. The zero-order valence-corrected chi connectivity index (χ0v) is 12.6. The lowest BCUT2D eigenvalue weighted by atomic mass is 10.0. The molecule has 0 heterocycles. The first-order valence-electron chi connectivity index (χ1n) is 7.60. The molecular formula is C19H23NO. The molecule has 0 aliphatic rings. The van der Waals surface area contributed by atoms with Gasteiger partial charge in [0.05, 0.1) is 0 Å². The van der Waals surface area contributed by atoms with Gasteiger partial charge in [0.25, 0.3) is 0 Å². The Balaban J connectivity index is 1.84. The van der Waals surface area contributed by atoms with Crippen LogP contribution in [0.3, 0.4) is 0 Å². The summed E-state index contributed by atoms with van der Waals surface area (Å²) in [6, 6.07) is 18.9. The van der Waals surface area contributed by atoms with Crippen molar-refractivity contribution in [2.75, 3.05) is 13.6 Å². The molecule has 2 aromatic carbocycles. The van der Waals surface area contributed by atoms with E-state index in [0.717, 1.165) is 19.4 Å². The highest BCUT2D eigenvalue weighted by Gasteiger charge is 2.03. The smallest absolute Gasteiger partial charge is 0.133 e. The number of rotatable bonds is 8. The molecule has 2 nitrogen and oxygen atoms in total. The fraction of sp³-hybridized carbons (Fsp3) is 0.316. The number of carbonyl (C=O) groups excluding carboxylic acids is 1. The average Bonchev–Trinajstić information content (AvgIpc) is 2.54. The standard InChI is InChI=1S/C19H23NO/c1-20-15-5-8-19(21)14-11-16-9-12-18(13-10-16)17-6-3-2-4-7-17/h2-4,6-7,9-10,12-13,20H,5,8,11,14-15H2,1H3. The van der Waals surface area contributed by atoms with Gasteiger partial charge in [-0.3, -0.25) is 4.79 Å². The Kier molecular flexibility index (Phi) is 6.17. The zero-order valence-electron chi connectivity index (χ0n) is 12.6. The van der Waals surface area contributed by atoms with Crippen LogP contribution in [0.2, 0.25) is 0 Å². The first kappa shape index (κ1) is 15.5. The van der Waals surface area contributed by atoms with Crippen molar-refractivity contribution in [3.8, 4) is 11.1 Å². The summed E-state index contributed by atoms with van der Waals surface area (Å²) in [7, 11) is 1.92. The maximum absolute atomic E-state index is 11.8. The van der Waals surface area contributed by atoms with E-state index in [1.54, 1.807) is 0 Å². The lowest BCUT2D eigenvalue weighted by Gasteiger charge is -2.05. The van der Waals surface area contributed by atoms with Crippen LogP contribution in [0.4, 0.5) is 0 Å². The number of nitrogens with one attached hydrogen (secondary N) is 1. The predicted molar refractivity (Wildman–Crippen MR) is 88.4 cm³/mol. The van der Waals surface area contributed by atoms with Crippen LogP contribution < -0.4 is 5.32 Å². The van der Waals surface area contributed by atoms with Crippen LogP contribution >= 0.6 is 0 Å². The van der Waals surface area contributed by atoms with E-state index < -0.39 is 0 Å². The maximum Gasteiger partial charge on any atom is 0.133 e. The number of ketones is 1. The molecule has 0 spiro atoms. The van der Waals surface area contributed by atoms with E-state index in [1.165, 1.54) is 16.7 Å². The Hall–Kier alpha value is -1.93. The van der Waals surface area contributed by atoms with E-state index in [1.807, 2.05) is 25.2 Å². The molecule has 0 unspecified atom stereocenters. The Morgan fingerprint density at radius 3 is 2.24 bits per heavy atom. The summed E-state index contributed by atoms with van der Waals surface area (Å²) in [5.74, 6) is 0.359. The summed E-state index contributed by atoms with van der Waals surface area (Å²) >= 11 is 0. The summed E-state index contributed by atoms with van der Waals surface area (Å²) in [5, 5.41) is 3.07. The molecule has 110 valence electrons. The number of hydrogen-bond donors (Lipinski definition) is 1. The monoisotopic (exact) mass is 281 g/mol. The fourth-order valence-corrected chi connectivity index (χ4v) is 2.37. The number of aryl methyl sites for hydroxylation is 1. The predicted octanol–water partition coefficient (Wildman–Crippen LogP) is 3.85. The third-order valence-electron chi connectivity index (χ3n) is 3.64. The Morgan fingerprint density at radius 2 is 1.57 bits per heavy atom. The molecule has 2 aromatic rings. The van der Waals surface area contributed by atoms with Crippen molar-refractivity contribution in [1.29, 1.82) is 0 Å². The van der Waals surface area contributed by atoms with Crippen molar-refractivity contribution >= 4 is 5.78 Å². The van der Waals surface area contributed by atoms with E-state index in [0.29, 0.717) is 18.6 Å². The summed E-state index contributed by atoms with van der Waals surface area (Å²) in [6.07, 6.45) is 3.10. The van der Waals surface area contributed by atoms with Crippen LogP contribution in [0, 0.1) is 0 Å². The van der Waals surface area contributed by atoms with E-state index in [4.69, 9.17) is 0 Å². The molecule has 0 amide bonds. The zero-order chi connectivity index (χ0) is 14.9. The van der Waals surface area contributed by atoms with Crippen LogP contribution in [-0.2, 0) is 11.2 Å². The Bertz CT molecular complexity index is 546. The van der Waals surface area contributed by atoms with E-state index in [-0.39, 0.29) is 0 Å². The maximum atomic E-state index is 11.8. The summed E-state index contributed by atoms with van der Waals surface area (Å²) in [6.45, 7) is 0.914. The van der Waals surface area contributed by atoms with Crippen LogP contribution in [0.25, 0.3) is 11.1 Å². The van der Waals surface area contributed by atoms with Crippen molar-refractivity contribution in [2.24, 2.45) is 0 Å². The van der Waals surface area contributed by atoms with Gasteiger partial charge in [0.2, 0.25) is 0 Å². The molecule has 2 rings (SSSR count). The van der Waals surface area contributed by atoms with Crippen molar-refractivity contribution in [3.63, 3.8) is 0 Å². The molecule has 0 aliphatic heterocycles. The van der Waals surface area contributed by atoms with Crippen LogP contribution in [0.15, 0.2) is 54.6 Å². The first-order chi connectivity index (χ1) is 10.3. The third kappa shape index (κ3) is 5.16. The van der Waals surface area contributed by atoms with Gasteiger partial charge in [-0.15, -0.1) is 0 Å². The SMILES string of the molecule is CNCCCC(=O)CCc1ccc(-c2ccccc2)cc1. The lowest BCUT2D eigenvalue weighted by Crippen LogP contribution is -2.10. The normalized spacial score (nSPS) is 10.5. The van der Waals surface area contributed by atoms with E-state index in [9.17, 15) is 4.79 Å². The van der Waals surface area contributed by atoms with Gasteiger partial charge in [-0.05, 0) is 43.1 Å². The largest absolute Gasteiger partial charge is 0.320 e. The molecule has 2 heteroatoms. The summed E-state index contributed by atoms with van der Waals surface area (Å²) in [4.78, 5) is 11.8. The molecule has 0 aliphatic carbocycles. The van der Waals surface area contributed by atoms with Gasteiger partial charge < -0.3 is 5.32 Å². The molecular weight excluding hydrogens is 258 g/mol. The van der Waals surface area contributed by atoms with E-state index >= 15 is 0 Å². The third-order valence-corrected chi connectivity index (χ3v) is 3.64. The Morgan fingerprint density at radius 1 is 0.905 bits per heavy atom. The molecule has 0 saturated heterocycles. The minimum Gasteiger partial charge on any atom is -0.320 e. The number of Topliss-reactive ketones (excluding diaryl/α,β-unsaturated/α-hetero) is 1. The average molecular weight is 281 g/mol. The molecule has 1 N–H and O–H groups in total. The van der Waals surface area contributed by atoms with Crippen molar-refractivity contribution in [1.82, 2.24) is 5.32 Å². The number of hydrogen-bond acceptors (Lipinski definition) is 2. The second-order valence-electron chi connectivity index (χ2n) is 5.31. The van der Waals surface area contributed by atoms with Gasteiger partial charge in [0.1, 0.15) is 5.78 Å². The number of carbonyl (C=O) groups is 1. The highest BCUT2D eigenvalue weighted by molar-refractivity contribution is 5.78. The van der Waals surface area contributed by atoms with Gasteiger partial charge in [0.15, 0.2) is 0 Å². The minimum absolute atomic E-state index is 0.359. The molecule has 0 bridgehead atoms.